The fourth-order valence-electron chi connectivity index (χ4n) is 7.98. The average Bonchev–Trinajstić information content (AvgIpc) is 3.41. The molecule has 0 spiro atoms. The van der Waals surface area contributed by atoms with Gasteiger partial charge in [-0.1, -0.05) is 109 Å². The highest BCUT2D eigenvalue weighted by atomic mass is 15.1. The number of hydrogen-bond donors (Lipinski definition) is 0. The molecule has 0 fully saturated rings. The van der Waals surface area contributed by atoms with Gasteiger partial charge in [-0.15, -0.1) is 0 Å². The lowest BCUT2D eigenvalue weighted by Crippen LogP contribution is -2.33. The molecule has 4 heterocycles. The Morgan fingerprint density at radius 2 is 0.419 bits per heavy atom. The second-order valence-electron chi connectivity index (χ2n) is 19.3. The van der Waals surface area contributed by atoms with Gasteiger partial charge in [0.1, 0.15) is 0 Å². The van der Waals surface area contributed by atoms with Crippen LogP contribution in [0.1, 0.15) is 44.5 Å². The third kappa shape index (κ3) is 17.3. The lowest BCUT2D eigenvalue weighted by molar-refractivity contribution is -0.688. The summed E-state index contributed by atoms with van der Waals surface area (Å²) >= 11 is 0. The van der Waals surface area contributed by atoms with Crippen LogP contribution < -0.4 is 37.9 Å². The van der Waals surface area contributed by atoms with Crippen LogP contribution in [0, 0.1) is 0 Å². The van der Waals surface area contributed by atoms with E-state index in [0.717, 1.165) is 26.2 Å². The van der Waals surface area contributed by atoms with Crippen LogP contribution in [0.4, 0.5) is 22.7 Å². The number of rotatable bonds is 19. The van der Waals surface area contributed by atoms with E-state index in [0.29, 0.717) is 0 Å². The van der Waals surface area contributed by atoms with Crippen LogP contribution in [0.25, 0.3) is 24.3 Å². The maximum atomic E-state index is 2.20. The van der Waals surface area contributed by atoms with Crippen LogP contribution in [0.15, 0.2) is 232 Å². The molecule has 0 bridgehead atoms. The second-order valence-corrected chi connectivity index (χ2v) is 19.3. The minimum atomic E-state index is 0.867. The van der Waals surface area contributed by atoms with Crippen molar-refractivity contribution in [3.8, 4) is 0 Å². The number of allylic oxidation sites excluding steroid dienone is 6. The van der Waals surface area contributed by atoms with Crippen LogP contribution in [0.2, 0.25) is 0 Å². The molecule has 0 saturated carbocycles. The molecule has 374 valence electrons. The summed E-state index contributed by atoms with van der Waals surface area (Å²) < 4.78 is 8.80. The Balaban J connectivity index is 0.000000217. The van der Waals surface area contributed by atoms with E-state index in [9.17, 15) is 0 Å². The molecular formula is C66H74N8+4. The van der Waals surface area contributed by atoms with Gasteiger partial charge in [0.05, 0.1) is 0 Å². The predicted octanol–water partition coefficient (Wildman–Crippen LogP) is 11.0. The summed E-state index contributed by atoms with van der Waals surface area (Å²) in [5.41, 5.74) is 14.8. The molecule has 0 amide bonds. The predicted molar refractivity (Wildman–Crippen MR) is 311 cm³/mol. The number of pyridine rings is 4. The normalized spacial score (nSPS) is 11.5. The number of aromatic nitrogens is 4. The molecule has 4 aromatic carbocycles. The van der Waals surface area contributed by atoms with Crippen molar-refractivity contribution in [2.45, 2.75) is 26.2 Å². The van der Waals surface area contributed by atoms with Crippen LogP contribution in [-0.2, 0) is 26.2 Å². The van der Waals surface area contributed by atoms with E-state index in [1.807, 2.05) is 0 Å². The maximum Gasteiger partial charge on any atom is 0.173 e. The number of benzene rings is 4. The van der Waals surface area contributed by atoms with Crippen LogP contribution >= 0.6 is 0 Å². The molecule has 0 aliphatic carbocycles. The number of anilines is 4. The van der Waals surface area contributed by atoms with E-state index in [-0.39, 0.29) is 0 Å². The number of hydrogen-bond acceptors (Lipinski definition) is 4. The topological polar surface area (TPSA) is 28.5 Å². The van der Waals surface area contributed by atoms with Gasteiger partial charge >= 0.3 is 0 Å². The summed E-state index contributed by atoms with van der Waals surface area (Å²) in [4.78, 5) is 8.47. The molecule has 8 rings (SSSR count). The first-order chi connectivity index (χ1) is 35.9. The molecule has 0 aliphatic heterocycles. The smallest absolute Gasteiger partial charge is 0.173 e. The molecule has 8 nitrogen and oxygen atoms in total. The molecule has 4 aromatic heterocycles. The Morgan fingerprint density at radius 1 is 0.243 bits per heavy atom. The summed E-state index contributed by atoms with van der Waals surface area (Å²) in [6, 6.07) is 52.0. The largest absolute Gasteiger partial charge is 0.378 e. The molecule has 74 heavy (non-hydrogen) atoms. The Labute approximate surface area is 441 Å². The summed E-state index contributed by atoms with van der Waals surface area (Å²) in [6.07, 6.45) is 38.0. The van der Waals surface area contributed by atoms with Crippen molar-refractivity contribution in [1.29, 1.82) is 0 Å². The van der Waals surface area contributed by atoms with Crippen LogP contribution in [0.5, 0.6) is 0 Å². The van der Waals surface area contributed by atoms with Crippen LogP contribution in [-0.4, -0.2) is 56.4 Å². The van der Waals surface area contributed by atoms with Gasteiger partial charge in [-0.05, 0) is 70.8 Å². The summed E-state index contributed by atoms with van der Waals surface area (Å²) in [5.74, 6) is 0. The molecule has 0 unspecified atom stereocenters. The van der Waals surface area contributed by atoms with E-state index in [2.05, 4.69) is 350 Å². The average molecular weight is 979 g/mol. The first-order valence-corrected chi connectivity index (χ1v) is 25.3. The van der Waals surface area contributed by atoms with Gasteiger partial charge in [0.2, 0.25) is 0 Å². The van der Waals surface area contributed by atoms with E-state index < -0.39 is 0 Å². The zero-order valence-electron chi connectivity index (χ0n) is 44.7. The second kappa shape index (κ2) is 27.3. The minimum absolute atomic E-state index is 0.867. The molecule has 0 radical (unpaired) electrons. The number of nitrogens with zero attached hydrogens (tertiary/aromatic N) is 8. The van der Waals surface area contributed by atoms with Gasteiger partial charge in [0.25, 0.3) is 0 Å². The van der Waals surface area contributed by atoms with Gasteiger partial charge in [0, 0.05) is 150 Å². The Hall–Kier alpha value is -8.62. The van der Waals surface area contributed by atoms with Gasteiger partial charge < -0.3 is 19.6 Å². The molecule has 0 atom stereocenters. The van der Waals surface area contributed by atoms with Crippen molar-refractivity contribution in [3.63, 3.8) is 0 Å². The highest BCUT2D eigenvalue weighted by Gasteiger charge is 2.08. The highest BCUT2D eigenvalue weighted by Crippen LogP contribution is 2.16. The van der Waals surface area contributed by atoms with E-state index in [1.54, 1.807) is 0 Å². The standard InChI is InChI=1S/C34H38N4.C32H36N4/c1-35(2)33-15-11-31(12-16-33)27-37-23-19-29(20-24-37)9-7-5-6-8-10-30-21-25-38(26-22-30)28-32-13-17-34(18-14-32)36(3)4;1-33(2)31-13-9-29(10-14-31)25-35-21-17-27(18-22-35)7-5-6-8-28-19-23-36(24-20-28)26-30-11-15-32(16-12-30)34(3)4/h5-26H,27-28H2,1-4H3;5-24H,25-26H2,1-4H3/q2*+2/b6-5+,9-7+,10-8+;7-5+,8-6+. The van der Waals surface area contributed by atoms with Crippen LogP contribution in [0.3, 0.4) is 0 Å². The third-order valence-corrected chi connectivity index (χ3v) is 12.5. The molecule has 0 aliphatic rings. The zero-order chi connectivity index (χ0) is 52.1. The monoisotopic (exact) mass is 979 g/mol. The Bertz CT molecular complexity index is 2860. The van der Waals surface area contributed by atoms with Crippen molar-refractivity contribution in [3.05, 3.63) is 276 Å². The van der Waals surface area contributed by atoms with Gasteiger partial charge in [0.15, 0.2) is 75.8 Å². The third-order valence-electron chi connectivity index (χ3n) is 12.5. The first kappa shape index (κ1) is 53.2. The van der Waals surface area contributed by atoms with Crippen molar-refractivity contribution in [2.75, 3.05) is 76.0 Å². The summed E-state index contributed by atoms with van der Waals surface area (Å²) in [5, 5.41) is 0. The van der Waals surface area contributed by atoms with E-state index >= 15 is 0 Å². The van der Waals surface area contributed by atoms with Gasteiger partial charge in [-0.2, -0.15) is 0 Å². The first-order valence-electron chi connectivity index (χ1n) is 25.3. The lowest BCUT2D eigenvalue weighted by Gasteiger charge is -2.11. The highest BCUT2D eigenvalue weighted by molar-refractivity contribution is 5.57. The van der Waals surface area contributed by atoms with Gasteiger partial charge in [-0.25, -0.2) is 18.3 Å². The maximum absolute atomic E-state index is 2.20. The van der Waals surface area contributed by atoms with Crippen molar-refractivity contribution >= 4 is 47.1 Å². The SMILES string of the molecule is CN(C)c1ccc(C[n+]2ccc(/C=C/C=C/C=C/c3cc[n+](Cc4ccc(N(C)C)cc4)cc3)cc2)cc1.CN(C)c1ccc(C[n+]2ccc(/C=C/C=C/c3cc[n+](Cc4ccc(N(C)C)cc4)cc3)cc2)cc1. The Kier molecular flexibility index (Phi) is 19.6. The summed E-state index contributed by atoms with van der Waals surface area (Å²) in [7, 11) is 16.5. The Morgan fingerprint density at radius 3 is 0.595 bits per heavy atom. The molecule has 8 aromatic rings. The fraction of sp³-hybridized carbons (Fsp3) is 0.182. The summed E-state index contributed by atoms with van der Waals surface area (Å²) in [6.45, 7) is 3.47. The van der Waals surface area contributed by atoms with E-state index in [4.69, 9.17) is 0 Å². The zero-order valence-corrected chi connectivity index (χ0v) is 44.7. The van der Waals surface area contributed by atoms with Gasteiger partial charge in [-0.3, -0.25) is 0 Å². The van der Waals surface area contributed by atoms with Crippen molar-refractivity contribution < 1.29 is 18.3 Å². The van der Waals surface area contributed by atoms with Crippen molar-refractivity contribution in [1.82, 2.24) is 0 Å². The fourth-order valence-corrected chi connectivity index (χ4v) is 7.98. The minimum Gasteiger partial charge on any atom is -0.378 e. The lowest BCUT2D eigenvalue weighted by atomic mass is 10.2. The quantitative estimate of drug-likeness (QED) is 0.0596. The molecule has 0 N–H and O–H groups in total. The molecular weight excluding hydrogens is 905 g/mol. The van der Waals surface area contributed by atoms with Crippen molar-refractivity contribution in [2.24, 2.45) is 0 Å². The van der Waals surface area contributed by atoms with E-state index in [1.165, 1.54) is 67.3 Å². The molecule has 0 saturated heterocycles. The molecule has 8 heteroatoms.